The van der Waals surface area contributed by atoms with Crippen LogP contribution in [-0.4, -0.2) is 6.54 Å². The molecule has 1 heterocycles. The van der Waals surface area contributed by atoms with E-state index in [1.807, 2.05) is 19.1 Å². The molecule has 5 heteroatoms. The van der Waals surface area contributed by atoms with Gasteiger partial charge in [-0.05, 0) is 37.3 Å². The lowest BCUT2D eigenvalue weighted by molar-refractivity contribution is 0.459. The Kier molecular flexibility index (Phi) is 3.89. The molecule has 3 nitrogen and oxygen atoms in total. The fraction of sp³-hybridized carbons (Fsp3) is 0.231. The summed E-state index contributed by atoms with van der Waals surface area (Å²) in [5.41, 5.74) is 6.19. The lowest BCUT2D eigenvalue weighted by atomic mass is 10.2. The molecule has 2 aromatic rings. The van der Waals surface area contributed by atoms with Crippen LogP contribution in [0, 0.1) is 12.7 Å². The zero-order chi connectivity index (χ0) is 13.1. The molecule has 1 atom stereocenters. The minimum absolute atomic E-state index is 0.238. The summed E-state index contributed by atoms with van der Waals surface area (Å²) in [5, 5.41) is 3.52. The topological polar surface area (TPSA) is 51.2 Å². The van der Waals surface area contributed by atoms with E-state index < -0.39 is 0 Å². The van der Waals surface area contributed by atoms with E-state index in [0.717, 1.165) is 5.76 Å². The van der Waals surface area contributed by atoms with Crippen LogP contribution in [0.3, 0.4) is 0 Å². The molecular formula is C13H14ClFN2O. The van der Waals surface area contributed by atoms with Crippen LogP contribution in [-0.2, 0) is 0 Å². The van der Waals surface area contributed by atoms with Crippen molar-refractivity contribution < 1.29 is 8.81 Å². The molecule has 2 rings (SSSR count). The van der Waals surface area contributed by atoms with Crippen molar-refractivity contribution >= 4 is 17.3 Å². The van der Waals surface area contributed by atoms with Gasteiger partial charge in [0.15, 0.2) is 0 Å². The molecule has 1 aromatic heterocycles. The van der Waals surface area contributed by atoms with E-state index in [1.54, 1.807) is 0 Å². The normalized spacial score (nSPS) is 12.4. The largest absolute Gasteiger partial charge is 0.464 e. The first-order valence-corrected chi connectivity index (χ1v) is 5.96. The van der Waals surface area contributed by atoms with E-state index in [9.17, 15) is 4.39 Å². The quantitative estimate of drug-likeness (QED) is 0.892. The van der Waals surface area contributed by atoms with Gasteiger partial charge in [0.2, 0.25) is 0 Å². The van der Waals surface area contributed by atoms with Crippen molar-refractivity contribution in [3.63, 3.8) is 0 Å². The Morgan fingerprint density at radius 2 is 2.17 bits per heavy atom. The third-order valence-corrected chi connectivity index (χ3v) is 2.93. The maximum Gasteiger partial charge on any atom is 0.127 e. The minimum Gasteiger partial charge on any atom is -0.464 e. The summed E-state index contributed by atoms with van der Waals surface area (Å²) in [6, 6.07) is 7.60. The molecule has 3 N–H and O–H groups in total. The second kappa shape index (κ2) is 5.42. The number of hydrogen-bond acceptors (Lipinski definition) is 3. The maximum atomic E-state index is 13.2. The van der Waals surface area contributed by atoms with Crippen molar-refractivity contribution in [3.8, 4) is 0 Å². The third kappa shape index (κ3) is 2.83. The van der Waals surface area contributed by atoms with Crippen molar-refractivity contribution in [2.45, 2.75) is 13.0 Å². The minimum atomic E-state index is -0.353. The average Bonchev–Trinajstić information content (AvgIpc) is 2.77. The number of anilines is 1. The van der Waals surface area contributed by atoms with Gasteiger partial charge >= 0.3 is 0 Å². The lowest BCUT2D eigenvalue weighted by Gasteiger charge is -2.17. The number of halogens is 2. The van der Waals surface area contributed by atoms with Crippen molar-refractivity contribution in [1.29, 1.82) is 0 Å². The standard InChI is InChI=1S/C13H14ClFN2O/c1-8-2-5-13(18-8)12(7-16)17-11-6-9(15)3-4-10(11)14/h2-6,12,17H,7,16H2,1H3. The van der Waals surface area contributed by atoms with Crippen LogP contribution in [0.25, 0.3) is 0 Å². The summed E-state index contributed by atoms with van der Waals surface area (Å²) in [5.74, 6) is 1.15. The van der Waals surface area contributed by atoms with Crippen LogP contribution in [0.2, 0.25) is 5.02 Å². The SMILES string of the molecule is Cc1ccc(C(CN)Nc2cc(F)ccc2Cl)o1. The molecule has 0 saturated carbocycles. The number of hydrogen-bond donors (Lipinski definition) is 2. The summed E-state index contributed by atoms with van der Waals surface area (Å²) in [7, 11) is 0. The number of nitrogens with two attached hydrogens (primary N) is 1. The highest BCUT2D eigenvalue weighted by molar-refractivity contribution is 6.33. The maximum absolute atomic E-state index is 13.2. The predicted octanol–water partition coefficient (Wildman–Crippen LogP) is 3.49. The lowest BCUT2D eigenvalue weighted by Crippen LogP contribution is -2.20. The smallest absolute Gasteiger partial charge is 0.127 e. The zero-order valence-electron chi connectivity index (χ0n) is 9.91. The van der Waals surface area contributed by atoms with Crippen LogP contribution in [0.15, 0.2) is 34.7 Å². The molecule has 0 fully saturated rings. The predicted molar refractivity (Wildman–Crippen MR) is 70.3 cm³/mol. The summed E-state index contributed by atoms with van der Waals surface area (Å²) < 4.78 is 18.7. The molecule has 96 valence electrons. The summed E-state index contributed by atoms with van der Waals surface area (Å²) in [4.78, 5) is 0. The van der Waals surface area contributed by atoms with Gasteiger partial charge in [0, 0.05) is 6.54 Å². The highest BCUT2D eigenvalue weighted by Gasteiger charge is 2.15. The highest BCUT2D eigenvalue weighted by atomic mass is 35.5. The van der Waals surface area contributed by atoms with Crippen LogP contribution in [0.4, 0.5) is 10.1 Å². The first kappa shape index (κ1) is 12.9. The van der Waals surface area contributed by atoms with E-state index in [0.29, 0.717) is 23.0 Å². The Morgan fingerprint density at radius 1 is 1.39 bits per heavy atom. The Hall–Kier alpha value is -1.52. The fourth-order valence-electron chi connectivity index (χ4n) is 1.68. The molecule has 0 aliphatic carbocycles. The molecule has 0 saturated heterocycles. The summed E-state index contributed by atoms with van der Waals surface area (Å²) >= 11 is 5.99. The van der Waals surface area contributed by atoms with Crippen molar-refractivity contribution in [3.05, 3.63) is 52.7 Å². The molecule has 0 aliphatic rings. The van der Waals surface area contributed by atoms with Gasteiger partial charge in [-0.15, -0.1) is 0 Å². The van der Waals surface area contributed by atoms with Crippen LogP contribution < -0.4 is 11.1 Å². The van der Waals surface area contributed by atoms with Crippen LogP contribution in [0.5, 0.6) is 0 Å². The number of aryl methyl sites for hydroxylation is 1. The molecule has 0 amide bonds. The first-order chi connectivity index (χ1) is 8.60. The van der Waals surface area contributed by atoms with Gasteiger partial charge < -0.3 is 15.5 Å². The monoisotopic (exact) mass is 268 g/mol. The molecule has 1 unspecified atom stereocenters. The molecule has 0 aliphatic heterocycles. The summed E-state index contributed by atoms with van der Waals surface area (Å²) in [6.45, 7) is 2.17. The third-order valence-electron chi connectivity index (χ3n) is 2.60. The fourth-order valence-corrected chi connectivity index (χ4v) is 1.85. The van der Waals surface area contributed by atoms with Crippen LogP contribution >= 0.6 is 11.6 Å². The highest BCUT2D eigenvalue weighted by Crippen LogP contribution is 2.27. The molecule has 0 spiro atoms. The number of rotatable bonds is 4. The second-order valence-corrected chi connectivity index (χ2v) is 4.41. The van der Waals surface area contributed by atoms with Crippen molar-refractivity contribution in [2.75, 3.05) is 11.9 Å². The molecule has 1 aromatic carbocycles. The van der Waals surface area contributed by atoms with E-state index in [4.69, 9.17) is 21.8 Å². The molecule has 0 radical (unpaired) electrons. The number of furan rings is 1. The Bertz CT molecular complexity index is 542. The van der Waals surface area contributed by atoms with Gasteiger partial charge in [-0.25, -0.2) is 4.39 Å². The van der Waals surface area contributed by atoms with E-state index in [1.165, 1.54) is 18.2 Å². The van der Waals surface area contributed by atoms with E-state index in [-0.39, 0.29) is 11.9 Å². The average molecular weight is 269 g/mol. The van der Waals surface area contributed by atoms with Gasteiger partial charge in [0.05, 0.1) is 16.8 Å². The molecule has 18 heavy (non-hydrogen) atoms. The Labute approximate surface area is 110 Å². The van der Waals surface area contributed by atoms with Crippen LogP contribution in [0.1, 0.15) is 17.6 Å². The zero-order valence-corrected chi connectivity index (χ0v) is 10.7. The van der Waals surface area contributed by atoms with E-state index in [2.05, 4.69) is 5.32 Å². The number of nitrogens with one attached hydrogen (secondary N) is 1. The Balaban J connectivity index is 2.22. The molecular weight excluding hydrogens is 255 g/mol. The van der Waals surface area contributed by atoms with Gasteiger partial charge in [0.25, 0.3) is 0 Å². The molecule has 0 bridgehead atoms. The summed E-state index contributed by atoms with van der Waals surface area (Å²) in [6.07, 6.45) is 0. The van der Waals surface area contributed by atoms with Gasteiger partial charge in [0.1, 0.15) is 17.3 Å². The Morgan fingerprint density at radius 3 is 2.78 bits per heavy atom. The number of benzene rings is 1. The second-order valence-electron chi connectivity index (χ2n) is 4.01. The van der Waals surface area contributed by atoms with Gasteiger partial charge in [-0.1, -0.05) is 11.6 Å². The van der Waals surface area contributed by atoms with Crippen molar-refractivity contribution in [2.24, 2.45) is 5.73 Å². The van der Waals surface area contributed by atoms with E-state index >= 15 is 0 Å². The van der Waals surface area contributed by atoms with Gasteiger partial charge in [-0.2, -0.15) is 0 Å². The first-order valence-electron chi connectivity index (χ1n) is 5.58. The van der Waals surface area contributed by atoms with Gasteiger partial charge in [-0.3, -0.25) is 0 Å². The van der Waals surface area contributed by atoms with Crippen molar-refractivity contribution in [1.82, 2.24) is 0 Å².